The topological polar surface area (TPSA) is 47.9 Å². The van der Waals surface area contributed by atoms with Crippen molar-refractivity contribution in [2.45, 2.75) is 19.3 Å². The number of rotatable bonds is 7. The quantitative estimate of drug-likeness (QED) is 0.465. The van der Waals surface area contributed by atoms with E-state index in [9.17, 15) is 5.11 Å². The van der Waals surface area contributed by atoms with Crippen LogP contribution in [0.5, 0.6) is 5.75 Å². The van der Waals surface area contributed by atoms with E-state index in [0.717, 1.165) is 38.3 Å². The highest BCUT2D eigenvalue weighted by atomic mass is 32.1. The fourth-order valence-corrected chi connectivity index (χ4v) is 3.08. The number of aryl methyl sites for hydroxylation is 1. The smallest absolute Gasteiger partial charge is 0.193 e. The molecule has 4 nitrogen and oxygen atoms in total. The highest BCUT2D eigenvalue weighted by Gasteiger charge is 2.05. The Hall–Kier alpha value is -2.01. The number of phenols is 1. The molecule has 2 rings (SSSR count). The molecule has 0 aliphatic carbocycles. The van der Waals surface area contributed by atoms with Crippen LogP contribution in [0.15, 0.2) is 46.8 Å². The van der Waals surface area contributed by atoms with Gasteiger partial charge in [0.2, 0.25) is 0 Å². The zero-order valence-electron chi connectivity index (χ0n) is 13.8. The van der Waals surface area contributed by atoms with Crippen LogP contribution in [0.2, 0.25) is 0 Å². The van der Waals surface area contributed by atoms with Crippen molar-refractivity contribution in [2.24, 2.45) is 4.99 Å². The first-order chi connectivity index (χ1) is 11.2. The van der Waals surface area contributed by atoms with Gasteiger partial charge in [-0.3, -0.25) is 4.99 Å². The summed E-state index contributed by atoms with van der Waals surface area (Å²) in [7, 11) is 3.90. The van der Waals surface area contributed by atoms with Crippen LogP contribution in [0.1, 0.15) is 16.9 Å². The molecule has 0 radical (unpaired) electrons. The number of guanidine groups is 1. The summed E-state index contributed by atoms with van der Waals surface area (Å²) >= 11 is 1.80. The van der Waals surface area contributed by atoms with Crippen molar-refractivity contribution in [1.82, 2.24) is 10.2 Å². The number of nitrogens with zero attached hydrogens (tertiary/aromatic N) is 2. The lowest BCUT2D eigenvalue weighted by Gasteiger charge is -2.21. The standard InChI is InChI=1S/C18H25N3OS/c1-19-18(21(2)13-11-17-6-4-14-23-17)20-12-3-5-15-7-9-16(22)10-8-15/h4,6-10,14,22H,3,5,11-13H2,1-2H3,(H,19,20). The van der Waals surface area contributed by atoms with E-state index in [4.69, 9.17) is 0 Å². The Morgan fingerprint density at radius 1 is 1.22 bits per heavy atom. The third-order valence-electron chi connectivity index (χ3n) is 3.71. The molecule has 1 aromatic heterocycles. The summed E-state index contributed by atoms with van der Waals surface area (Å²) in [6.45, 7) is 1.84. The van der Waals surface area contributed by atoms with E-state index in [1.165, 1.54) is 10.4 Å². The molecule has 0 saturated heterocycles. The van der Waals surface area contributed by atoms with Crippen LogP contribution in [0, 0.1) is 0 Å². The van der Waals surface area contributed by atoms with Gasteiger partial charge < -0.3 is 15.3 Å². The van der Waals surface area contributed by atoms with Crippen LogP contribution in [0.3, 0.4) is 0 Å². The van der Waals surface area contributed by atoms with Gasteiger partial charge in [0.25, 0.3) is 0 Å². The highest BCUT2D eigenvalue weighted by Crippen LogP contribution is 2.11. The average molecular weight is 331 g/mol. The summed E-state index contributed by atoms with van der Waals surface area (Å²) in [4.78, 5) is 7.92. The van der Waals surface area contributed by atoms with Crippen molar-refractivity contribution in [3.8, 4) is 5.75 Å². The third kappa shape index (κ3) is 5.94. The Morgan fingerprint density at radius 2 is 2.00 bits per heavy atom. The van der Waals surface area contributed by atoms with Gasteiger partial charge in [-0.1, -0.05) is 18.2 Å². The SMILES string of the molecule is CN=C(NCCCc1ccc(O)cc1)N(C)CCc1cccs1. The van der Waals surface area contributed by atoms with Gasteiger partial charge in [-0.25, -0.2) is 0 Å². The molecular formula is C18H25N3OS. The lowest BCUT2D eigenvalue weighted by Crippen LogP contribution is -2.40. The summed E-state index contributed by atoms with van der Waals surface area (Å²) in [5.74, 6) is 1.26. The molecule has 0 bridgehead atoms. The molecule has 0 fully saturated rings. The van der Waals surface area contributed by atoms with E-state index in [1.54, 1.807) is 23.5 Å². The Morgan fingerprint density at radius 3 is 2.65 bits per heavy atom. The number of thiophene rings is 1. The van der Waals surface area contributed by atoms with E-state index < -0.39 is 0 Å². The van der Waals surface area contributed by atoms with Crippen LogP contribution in [0.25, 0.3) is 0 Å². The molecule has 0 aliphatic heterocycles. The summed E-state index contributed by atoms with van der Waals surface area (Å²) in [5.41, 5.74) is 1.24. The lowest BCUT2D eigenvalue weighted by molar-refractivity contribution is 0.475. The van der Waals surface area contributed by atoms with Crippen molar-refractivity contribution in [2.75, 3.05) is 27.2 Å². The van der Waals surface area contributed by atoms with Crippen LogP contribution in [-0.4, -0.2) is 43.2 Å². The van der Waals surface area contributed by atoms with Crippen molar-refractivity contribution < 1.29 is 5.11 Å². The minimum absolute atomic E-state index is 0.319. The molecule has 2 N–H and O–H groups in total. The Bertz CT molecular complexity index is 593. The first kappa shape index (κ1) is 17.3. The number of hydrogen-bond acceptors (Lipinski definition) is 3. The van der Waals surface area contributed by atoms with Crippen LogP contribution in [0.4, 0.5) is 0 Å². The number of phenolic OH excluding ortho intramolecular Hbond substituents is 1. The first-order valence-corrected chi connectivity index (χ1v) is 8.79. The number of aromatic hydroxyl groups is 1. The molecule has 1 heterocycles. The minimum Gasteiger partial charge on any atom is -0.508 e. The number of nitrogens with one attached hydrogen (secondary N) is 1. The summed E-state index contributed by atoms with van der Waals surface area (Å²) < 4.78 is 0. The molecule has 0 aliphatic rings. The Kier molecular flexibility index (Phi) is 6.94. The second-order valence-corrected chi connectivity index (χ2v) is 6.53. The van der Waals surface area contributed by atoms with Gasteiger partial charge in [-0.15, -0.1) is 11.3 Å². The lowest BCUT2D eigenvalue weighted by atomic mass is 10.1. The molecule has 0 spiro atoms. The maximum absolute atomic E-state index is 9.28. The van der Waals surface area contributed by atoms with E-state index in [2.05, 4.69) is 39.8 Å². The van der Waals surface area contributed by atoms with Crippen molar-refractivity contribution in [1.29, 1.82) is 0 Å². The average Bonchev–Trinajstić information content (AvgIpc) is 3.08. The maximum atomic E-state index is 9.28. The summed E-state index contributed by atoms with van der Waals surface area (Å²) in [6, 6.07) is 11.7. The number of aliphatic imine (C=N–C) groups is 1. The highest BCUT2D eigenvalue weighted by molar-refractivity contribution is 7.09. The fraction of sp³-hybridized carbons (Fsp3) is 0.389. The third-order valence-corrected chi connectivity index (χ3v) is 4.64. The zero-order valence-corrected chi connectivity index (χ0v) is 14.6. The number of benzene rings is 1. The summed E-state index contributed by atoms with van der Waals surface area (Å²) in [6.07, 6.45) is 3.06. The van der Waals surface area contributed by atoms with Crippen molar-refractivity contribution >= 4 is 17.3 Å². The van der Waals surface area contributed by atoms with Gasteiger partial charge in [0.1, 0.15) is 5.75 Å². The molecule has 0 unspecified atom stereocenters. The van der Waals surface area contributed by atoms with E-state index in [0.29, 0.717) is 5.75 Å². The van der Waals surface area contributed by atoms with Crippen molar-refractivity contribution in [3.63, 3.8) is 0 Å². The molecular weight excluding hydrogens is 306 g/mol. The van der Waals surface area contributed by atoms with E-state index >= 15 is 0 Å². The monoisotopic (exact) mass is 331 g/mol. The van der Waals surface area contributed by atoms with Crippen LogP contribution >= 0.6 is 11.3 Å². The maximum Gasteiger partial charge on any atom is 0.193 e. The van der Waals surface area contributed by atoms with Gasteiger partial charge in [0.15, 0.2) is 5.96 Å². The molecule has 1 aromatic carbocycles. The predicted molar refractivity (Wildman–Crippen MR) is 98.4 cm³/mol. The van der Waals surface area contributed by atoms with Crippen molar-refractivity contribution in [3.05, 3.63) is 52.2 Å². The van der Waals surface area contributed by atoms with Gasteiger partial charge in [-0.05, 0) is 48.4 Å². The normalized spacial score (nSPS) is 11.5. The van der Waals surface area contributed by atoms with E-state index in [1.807, 2.05) is 19.2 Å². The Balaban J connectivity index is 1.68. The van der Waals surface area contributed by atoms with E-state index in [-0.39, 0.29) is 0 Å². The van der Waals surface area contributed by atoms with Crippen LogP contribution in [-0.2, 0) is 12.8 Å². The minimum atomic E-state index is 0.319. The largest absolute Gasteiger partial charge is 0.508 e. The Labute approximate surface area is 142 Å². The second-order valence-electron chi connectivity index (χ2n) is 5.49. The summed E-state index contributed by atoms with van der Waals surface area (Å²) in [5, 5.41) is 14.8. The van der Waals surface area contributed by atoms with Gasteiger partial charge in [0.05, 0.1) is 0 Å². The second kappa shape index (κ2) is 9.20. The fourth-order valence-electron chi connectivity index (χ4n) is 2.38. The number of hydrogen-bond donors (Lipinski definition) is 2. The number of likely N-dealkylation sites (N-methyl/N-ethyl adjacent to an activating group) is 1. The van der Waals surface area contributed by atoms with Crippen LogP contribution < -0.4 is 5.32 Å². The molecule has 0 amide bonds. The zero-order chi connectivity index (χ0) is 16.5. The molecule has 0 saturated carbocycles. The first-order valence-electron chi connectivity index (χ1n) is 7.91. The van der Waals surface area contributed by atoms with Gasteiger partial charge in [0, 0.05) is 32.1 Å². The molecule has 0 atom stereocenters. The molecule has 124 valence electrons. The molecule has 23 heavy (non-hydrogen) atoms. The predicted octanol–water partition coefficient (Wildman–Crippen LogP) is 3.14. The molecule has 5 heteroatoms. The molecule has 2 aromatic rings. The van der Waals surface area contributed by atoms with Gasteiger partial charge in [-0.2, -0.15) is 0 Å². The van der Waals surface area contributed by atoms with Gasteiger partial charge >= 0.3 is 0 Å².